The normalized spacial score (nSPS) is 15.3. The SMILES string of the molecule is C=CCNC(=O)C(C)Oc1c(F)cccc1CNC1CC1. The number of carbonyl (C=O) groups is 1. The second-order valence-corrected chi connectivity index (χ2v) is 5.18. The third-order valence-electron chi connectivity index (χ3n) is 3.29. The van der Waals surface area contributed by atoms with Crippen LogP contribution in [0.25, 0.3) is 0 Å². The van der Waals surface area contributed by atoms with Crippen molar-refractivity contribution in [1.82, 2.24) is 10.6 Å². The van der Waals surface area contributed by atoms with E-state index in [2.05, 4.69) is 17.2 Å². The molecule has 0 aliphatic heterocycles. The Kier molecular flexibility index (Phi) is 5.33. The standard InChI is InChI=1S/C16H21FN2O2/c1-3-9-18-16(20)11(2)21-15-12(5-4-6-14(15)17)10-19-13-7-8-13/h3-6,11,13,19H,1,7-10H2,2H3,(H,18,20). The third kappa shape index (κ3) is 4.56. The summed E-state index contributed by atoms with van der Waals surface area (Å²) in [5.41, 5.74) is 0.727. The van der Waals surface area contributed by atoms with E-state index in [1.165, 1.54) is 6.07 Å². The van der Waals surface area contributed by atoms with Gasteiger partial charge in [0.1, 0.15) is 0 Å². The molecule has 0 aromatic heterocycles. The van der Waals surface area contributed by atoms with Crippen LogP contribution in [0, 0.1) is 5.82 Å². The van der Waals surface area contributed by atoms with Gasteiger partial charge in [-0.05, 0) is 25.8 Å². The van der Waals surface area contributed by atoms with E-state index in [9.17, 15) is 9.18 Å². The van der Waals surface area contributed by atoms with Crippen molar-refractivity contribution in [2.45, 2.75) is 38.5 Å². The molecule has 4 nitrogen and oxygen atoms in total. The average Bonchev–Trinajstić information content (AvgIpc) is 3.29. The number of hydrogen-bond acceptors (Lipinski definition) is 3. The molecule has 114 valence electrons. The van der Waals surface area contributed by atoms with Crippen LogP contribution in [-0.2, 0) is 11.3 Å². The molecule has 2 rings (SSSR count). The van der Waals surface area contributed by atoms with Gasteiger partial charge >= 0.3 is 0 Å². The first-order valence-electron chi connectivity index (χ1n) is 7.18. The van der Waals surface area contributed by atoms with E-state index in [0.717, 1.165) is 18.4 Å². The predicted octanol–water partition coefficient (Wildman–Crippen LogP) is 2.15. The van der Waals surface area contributed by atoms with E-state index in [-0.39, 0.29) is 11.7 Å². The minimum Gasteiger partial charge on any atom is -0.477 e. The summed E-state index contributed by atoms with van der Waals surface area (Å²) < 4.78 is 19.5. The molecule has 1 aliphatic carbocycles. The smallest absolute Gasteiger partial charge is 0.261 e. The van der Waals surface area contributed by atoms with Gasteiger partial charge in [-0.3, -0.25) is 4.79 Å². The van der Waals surface area contributed by atoms with Gasteiger partial charge in [0.05, 0.1) is 0 Å². The van der Waals surface area contributed by atoms with Gasteiger partial charge in [0.25, 0.3) is 5.91 Å². The van der Waals surface area contributed by atoms with E-state index in [4.69, 9.17) is 4.74 Å². The molecule has 1 amide bonds. The Morgan fingerprint density at radius 2 is 2.33 bits per heavy atom. The van der Waals surface area contributed by atoms with Crippen molar-refractivity contribution in [2.75, 3.05) is 6.54 Å². The Hall–Kier alpha value is -1.88. The second-order valence-electron chi connectivity index (χ2n) is 5.18. The molecule has 1 aromatic rings. The first-order valence-corrected chi connectivity index (χ1v) is 7.18. The van der Waals surface area contributed by atoms with Crippen LogP contribution in [0.3, 0.4) is 0 Å². The predicted molar refractivity (Wildman–Crippen MR) is 79.6 cm³/mol. The molecule has 1 unspecified atom stereocenters. The van der Waals surface area contributed by atoms with Crippen molar-refractivity contribution < 1.29 is 13.9 Å². The molecule has 2 N–H and O–H groups in total. The van der Waals surface area contributed by atoms with Crippen LogP contribution in [0.1, 0.15) is 25.3 Å². The fraction of sp³-hybridized carbons (Fsp3) is 0.438. The van der Waals surface area contributed by atoms with Crippen LogP contribution in [0.5, 0.6) is 5.75 Å². The summed E-state index contributed by atoms with van der Waals surface area (Å²) in [6, 6.07) is 5.32. The Bertz CT molecular complexity index is 515. The maximum absolute atomic E-state index is 14.0. The largest absolute Gasteiger partial charge is 0.477 e. The molecule has 0 heterocycles. The zero-order valence-electron chi connectivity index (χ0n) is 12.2. The molecule has 0 radical (unpaired) electrons. The molecular weight excluding hydrogens is 271 g/mol. The maximum Gasteiger partial charge on any atom is 0.261 e. The summed E-state index contributed by atoms with van der Waals surface area (Å²) in [5, 5.41) is 5.95. The van der Waals surface area contributed by atoms with Crippen molar-refractivity contribution in [3.63, 3.8) is 0 Å². The van der Waals surface area contributed by atoms with Gasteiger partial charge in [-0.25, -0.2) is 4.39 Å². The van der Waals surface area contributed by atoms with Gasteiger partial charge in [-0.15, -0.1) is 6.58 Å². The van der Waals surface area contributed by atoms with Crippen LogP contribution in [0.15, 0.2) is 30.9 Å². The van der Waals surface area contributed by atoms with Gasteiger partial charge in [0.15, 0.2) is 17.7 Å². The monoisotopic (exact) mass is 292 g/mol. The van der Waals surface area contributed by atoms with E-state index < -0.39 is 11.9 Å². The average molecular weight is 292 g/mol. The van der Waals surface area contributed by atoms with Gasteiger partial charge in [0, 0.05) is 24.7 Å². The first kappa shape index (κ1) is 15.5. The molecule has 1 aliphatic rings. The van der Waals surface area contributed by atoms with Crippen molar-refractivity contribution in [1.29, 1.82) is 0 Å². The van der Waals surface area contributed by atoms with E-state index in [1.54, 1.807) is 19.1 Å². The summed E-state index contributed by atoms with van der Waals surface area (Å²) in [7, 11) is 0. The van der Waals surface area contributed by atoms with Gasteiger partial charge in [0.2, 0.25) is 0 Å². The molecule has 1 fully saturated rings. The molecule has 1 atom stereocenters. The Morgan fingerprint density at radius 3 is 3.00 bits per heavy atom. The first-order chi connectivity index (χ1) is 10.1. The van der Waals surface area contributed by atoms with Crippen LogP contribution in [0.2, 0.25) is 0 Å². The summed E-state index contributed by atoms with van der Waals surface area (Å²) in [4.78, 5) is 11.8. The molecule has 5 heteroatoms. The highest BCUT2D eigenvalue weighted by molar-refractivity contribution is 5.80. The minimum atomic E-state index is -0.762. The summed E-state index contributed by atoms with van der Waals surface area (Å²) in [6.45, 7) is 6.03. The number of halogens is 1. The lowest BCUT2D eigenvalue weighted by Crippen LogP contribution is -2.36. The molecule has 1 aromatic carbocycles. The van der Waals surface area contributed by atoms with Crippen LogP contribution >= 0.6 is 0 Å². The van der Waals surface area contributed by atoms with Gasteiger partial charge < -0.3 is 15.4 Å². The van der Waals surface area contributed by atoms with Crippen LogP contribution in [0.4, 0.5) is 4.39 Å². The highest BCUT2D eigenvalue weighted by Crippen LogP contribution is 2.26. The van der Waals surface area contributed by atoms with Crippen molar-refractivity contribution in [2.24, 2.45) is 0 Å². The lowest BCUT2D eigenvalue weighted by molar-refractivity contribution is -0.127. The molecule has 0 saturated heterocycles. The Balaban J connectivity index is 2.02. The maximum atomic E-state index is 14.0. The zero-order valence-corrected chi connectivity index (χ0v) is 12.2. The number of para-hydroxylation sites is 1. The van der Waals surface area contributed by atoms with Crippen molar-refractivity contribution in [3.05, 3.63) is 42.2 Å². The Morgan fingerprint density at radius 1 is 1.57 bits per heavy atom. The van der Waals surface area contributed by atoms with Crippen molar-refractivity contribution >= 4 is 5.91 Å². The zero-order chi connectivity index (χ0) is 15.2. The van der Waals surface area contributed by atoms with Crippen LogP contribution in [-0.4, -0.2) is 24.6 Å². The topological polar surface area (TPSA) is 50.4 Å². The lowest BCUT2D eigenvalue weighted by atomic mass is 10.2. The number of nitrogens with one attached hydrogen (secondary N) is 2. The second kappa shape index (κ2) is 7.22. The minimum absolute atomic E-state index is 0.145. The number of amides is 1. The van der Waals surface area contributed by atoms with E-state index >= 15 is 0 Å². The highest BCUT2D eigenvalue weighted by atomic mass is 19.1. The van der Waals surface area contributed by atoms with Crippen LogP contribution < -0.4 is 15.4 Å². The number of carbonyl (C=O) groups excluding carboxylic acids is 1. The summed E-state index contributed by atoms with van der Waals surface area (Å²) in [5.74, 6) is -0.598. The fourth-order valence-electron chi connectivity index (χ4n) is 1.91. The molecule has 0 spiro atoms. The molecule has 0 bridgehead atoms. The number of hydrogen-bond donors (Lipinski definition) is 2. The third-order valence-corrected chi connectivity index (χ3v) is 3.29. The van der Waals surface area contributed by atoms with Gasteiger partial charge in [-0.2, -0.15) is 0 Å². The molecule has 21 heavy (non-hydrogen) atoms. The number of rotatable bonds is 8. The quantitative estimate of drug-likeness (QED) is 0.722. The number of ether oxygens (including phenoxy) is 1. The van der Waals surface area contributed by atoms with E-state index in [1.807, 2.05) is 6.07 Å². The molecular formula is C16H21FN2O2. The van der Waals surface area contributed by atoms with Crippen molar-refractivity contribution in [3.8, 4) is 5.75 Å². The number of benzene rings is 1. The summed E-state index contributed by atoms with van der Waals surface area (Å²) in [6.07, 6.45) is 3.14. The summed E-state index contributed by atoms with van der Waals surface area (Å²) >= 11 is 0. The highest BCUT2D eigenvalue weighted by Gasteiger charge is 2.22. The lowest BCUT2D eigenvalue weighted by Gasteiger charge is -2.17. The Labute approximate surface area is 124 Å². The fourth-order valence-corrected chi connectivity index (χ4v) is 1.91. The van der Waals surface area contributed by atoms with E-state index in [0.29, 0.717) is 19.1 Å². The molecule has 1 saturated carbocycles. The van der Waals surface area contributed by atoms with Gasteiger partial charge in [-0.1, -0.05) is 18.2 Å².